The number of fused-ring (bicyclic) bond motifs is 2. The molecule has 4 heterocycles. The number of imide groups is 1. The second kappa shape index (κ2) is 7.39. The molecule has 1 saturated heterocycles. The molecule has 2 aliphatic heterocycles. The fourth-order valence-electron chi connectivity index (χ4n) is 4.59. The Hall–Kier alpha value is -4.73. The molecule has 1 fully saturated rings. The number of phenolic OH excluding ortho intramolecular Hbond substituents is 1. The molecule has 35 heavy (non-hydrogen) atoms. The Balaban J connectivity index is 1.40. The summed E-state index contributed by atoms with van der Waals surface area (Å²) in [4.78, 5) is 43.9. The molecule has 4 amide bonds. The van der Waals surface area contributed by atoms with Gasteiger partial charge in [0, 0.05) is 23.1 Å². The zero-order valence-electron chi connectivity index (χ0n) is 18.0. The van der Waals surface area contributed by atoms with E-state index in [4.69, 9.17) is 4.42 Å². The van der Waals surface area contributed by atoms with Gasteiger partial charge in [0.25, 0.3) is 11.8 Å². The summed E-state index contributed by atoms with van der Waals surface area (Å²) in [6.07, 6.45) is 1.42. The fourth-order valence-corrected chi connectivity index (χ4v) is 4.59. The Bertz CT molecular complexity index is 1560. The minimum atomic E-state index is -1.69. The number of benzene rings is 2. The second-order valence-electron chi connectivity index (χ2n) is 8.51. The lowest BCUT2D eigenvalue weighted by atomic mass is 9.95. The van der Waals surface area contributed by atoms with Crippen molar-refractivity contribution in [3.05, 3.63) is 83.5 Å². The maximum absolute atomic E-state index is 14.3. The number of nitrogens with one attached hydrogen (secondary N) is 2. The van der Waals surface area contributed by atoms with E-state index in [-0.39, 0.29) is 30.5 Å². The highest BCUT2D eigenvalue weighted by Crippen LogP contribution is 2.35. The number of carbonyl (C=O) groups is 3. The molecule has 1 atom stereocenters. The van der Waals surface area contributed by atoms with Crippen molar-refractivity contribution < 1.29 is 28.3 Å². The lowest BCUT2D eigenvalue weighted by Crippen LogP contribution is -2.52. The number of amides is 4. The fraction of sp³-hybridized carbons (Fsp3) is 0.120. The van der Waals surface area contributed by atoms with Crippen molar-refractivity contribution in [2.75, 3.05) is 6.54 Å². The Labute approximate surface area is 197 Å². The maximum atomic E-state index is 14.3. The topological polar surface area (TPSA) is 125 Å². The third-order valence-corrected chi connectivity index (χ3v) is 6.32. The SMILES string of the molecule is O=C1NC(=O)[C@](CN2Cc3ccc(O)cc3C2=O)(c2cc3cc(-c4ccccc4F)ncc3o2)N1. The normalized spacial score (nSPS) is 19.2. The summed E-state index contributed by atoms with van der Waals surface area (Å²) in [5.74, 6) is -1.43. The van der Waals surface area contributed by atoms with Gasteiger partial charge in [0.05, 0.1) is 18.4 Å². The summed E-state index contributed by atoms with van der Waals surface area (Å²) >= 11 is 0. The number of phenols is 1. The van der Waals surface area contributed by atoms with Gasteiger partial charge >= 0.3 is 6.03 Å². The number of furan rings is 1. The summed E-state index contributed by atoms with van der Waals surface area (Å²) < 4.78 is 20.2. The largest absolute Gasteiger partial charge is 0.508 e. The highest BCUT2D eigenvalue weighted by molar-refractivity contribution is 6.08. The van der Waals surface area contributed by atoms with E-state index in [2.05, 4.69) is 15.6 Å². The van der Waals surface area contributed by atoms with E-state index < -0.39 is 23.3 Å². The quantitative estimate of drug-likeness (QED) is 0.392. The van der Waals surface area contributed by atoms with Gasteiger partial charge in [-0.25, -0.2) is 9.18 Å². The van der Waals surface area contributed by atoms with Crippen LogP contribution in [0.5, 0.6) is 5.75 Å². The molecule has 2 aromatic carbocycles. The number of aromatic nitrogens is 1. The summed E-state index contributed by atoms with van der Waals surface area (Å²) in [6, 6.07) is 13.2. The van der Waals surface area contributed by atoms with Gasteiger partial charge in [-0.1, -0.05) is 18.2 Å². The van der Waals surface area contributed by atoms with Crippen LogP contribution in [0.15, 0.2) is 65.2 Å². The molecule has 3 N–H and O–H groups in total. The summed E-state index contributed by atoms with van der Waals surface area (Å²) in [5.41, 5.74) is 0.344. The average molecular weight is 472 g/mol. The van der Waals surface area contributed by atoms with Crippen LogP contribution in [0, 0.1) is 5.82 Å². The van der Waals surface area contributed by atoms with E-state index in [9.17, 15) is 23.9 Å². The summed E-state index contributed by atoms with van der Waals surface area (Å²) in [7, 11) is 0. The van der Waals surface area contributed by atoms with Gasteiger partial charge in [0.2, 0.25) is 0 Å². The number of halogens is 1. The minimum absolute atomic E-state index is 0.0454. The van der Waals surface area contributed by atoms with Crippen molar-refractivity contribution in [2.45, 2.75) is 12.1 Å². The van der Waals surface area contributed by atoms with Crippen molar-refractivity contribution in [2.24, 2.45) is 0 Å². The number of rotatable bonds is 4. The molecule has 10 heteroatoms. The van der Waals surface area contributed by atoms with Crippen LogP contribution in [0.4, 0.5) is 9.18 Å². The van der Waals surface area contributed by atoms with Gasteiger partial charge in [-0.15, -0.1) is 0 Å². The number of carbonyl (C=O) groups excluding carboxylic acids is 3. The highest BCUT2D eigenvalue weighted by atomic mass is 19.1. The first-order valence-corrected chi connectivity index (χ1v) is 10.7. The average Bonchev–Trinajstić information content (AvgIpc) is 3.48. The Morgan fingerprint density at radius 3 is 2.69 bits per heavy atom. The first kappa shape index (κ1) is 20.8. The van der Waals surface area contributed by atoms with Crippen LogP contribution >= 0.6 is 0 Å². The molecule has 6 rings (SSSR count). The van der Waals surface area contributed by atoms with E-state index in [0.29, 0.717) is 33.4 Å². The monoisotopic (exact) mass is 472 g/mol. The van der Waals surface area contributed by atoms with Crippen LogP contribution in [0.1, 0.15) is 21.7 Å². The molecule has 174 valence electrons. The van der Waals surface area contributed by atoms with Crippen LogP contribution in [-0.4, -0.2) is 39.4 Å². The molecule has 0 saturated carbocycles. The van der Waals surface area contributed by atoms with E-state index in [1.54, 1.807) is 36.4 Å². The zero-order chi connectivity index (χ0) is 24.3. The molecule has 0 bridgehead atoms. The number of hydrogen-bond acceptors (Lipinski definition) is 6. The predicted molar refractivity (Wildman–Crippen MR) is 121 cm³/mol. The van der Waals surface area contributed by atoms with Gasteiger partial charge in [-0.05, 0) is 42.0 Å². The van der Waals surface area contributed by atoms with E-state index in [1.807, 2.05) is 0 Å². The molecular weight excluding hydrogens is 455 g/mol. The van der Waals surface area contributed by atoms with Crippen molar-refractivity contribution in [1.29, 1.82) is 0 Å². The first-order valence-electron chi connectivity index (χ1n) is 10.7. The third-order valence-electron chi connectivity index (χ3n) is 6.32. The van der Waals surface area contributed by atoms with Gasteiger partial charge in [-0.3, -0.25) is 19.9 Å². The Morgan fingerprint density at radius 2 is 1.91 bits per heavy atom. The molecule has 2 aliphatic rings. The standard InChI is InChI=1S/C25H17FN4O5/c26-18-4-2-1-3-16(18)19-7-14-8-21(35-20(14)10-27-19)25(23(33)28-24(34)29-25)12-30-11-13-5-6-15(31)9-17(13)22(30)32/h1-10,31H,11-12H2,(H2,28,29,33,34)/t25-/m0/s1. The Kier molecular flexibility index (Phi) is 4.40. The van der Waals surface area contributed by atoms with Crippen molar-refractivity contribution in [1.82, 2.24) is 20.5 Å². The number of nitrogens with zero attached hydrogens (tertiary/aromatic N) is 2. The molecule has 4 aromatic rings. The third kappa shape index (κ3) is 3.22. The van der Waals surface area contributed by atoms with Crippen LogP contribution in [-0.2, 0) is 16.9 Å². The van der Waals surface area contributed by atoms with Gasteiger partial charge in [0.1, 0.15) is 17.3 Å². The van der Waals surface area contributed by atoms with Crippen molar-refractivity contribution >= 4 is 28.8 Å². The van der Waals surface area contributed by atoms with Crippen LogP contribution in [0.3, 0.4) is 0 Å². The molecular formula is C25H17FN4O5. The number of urea groups is 1. The summed E-state index contributed by atoms with van der Waals surface area (Å²) in [6.45, 7) is -0.00909. The Morgan fingerprint density at radius 1 is 1.09 bits per heavy atom. The zero-order valence-corrected chi connectivity index (χ0v) is 18.0. The van der Waals surface area contributed by atoms with Crippen molar-refractivity contribution in [3.8, 4) is 17.0 Å². The van der Waals surface area contributed by atoms with Gasteiger partial charge in [0.15, 0.2) is 11.1 Å². The van der Waals surface area contributed by atoms with Crippen LogP contribution in [0.2, 0.25) is 0 Å². The van der Waals surface area contributed by atoms with E-state index in [0.717, 1.165) is 0 Å². The first-order chi connectivity index (χ1) is 16.8. The van der Waals surface area contributed by atoms with Crippen LogP contribution in [0.25, 0.3) is 22.2 Å². The number of aromatic hydroxyl groups is 1. The maximum Gasteiger partial charge on any atom is 0.322 e. The number of hydrogen-bond donors (Lipinski definition) is 3. The molecule has 0 radical (unpaired) electrons. The lowest BCUT2D eigenvalue weighted by molar-refractivity contribution is -0.125. The highest BCUT2D eigenvalue weighted by Gasteiger charge is 2.53. The van der Waals surface area contributed by atoms with E-state index >= 15 is 0 Å². The summed E-state index contributed by atoms with van der Waals surface area (Å²) in [5, 5.41) is 15.1. The van der Waals surface area contributed by atoms with Gasteiger partial charge in [-0.2, -0.15) is 0 Å². The molecule has 0 aliphatic carbocycles. The molecule has 0 spiro atoms. The van der Waals surface area contributed by atoms with E-state index in [1.165, 1.54) is 29.3 Å². The number of pyridine rings is 1. The van der Waals surface area contributed by atoms with Gasteiger partial charge < -0.3 is 19.7 Å². The minimum Gasteiger partial charge on any atom is -0.508 e. The lowest BCUT2D eigenvalue weighted by Gasteiger charge is -2.29. The molecule has 9 nitrogen and oxygen atoms in total. The smallest absolute Gasteiger partial charge is 0.322 e. The second-order valence-corrected chi connectivity index (χ2v) is 8.51. The predicted octanol–water partition coefficient (Wildman–Crippen LogP) is 3.03. The van der Waals surface area contributed by atoms with Crippen LogP contribution < -0.4 is 10.6 Å². The molecule has 0 unspecified atom stereocenters. The van der Waals surface area contributed by atoms with Crippen molar-refractivity contribution in [3.63, 3.8) is 0 Å². The molecule has 2 aromatic heterocycles.